The van der Waals surface area contributed by atoms with Gasteiger partial charge in [-0.05, 0) is 24.6 Å². The lowest BCUT2D eigenvalue weighted by Gasteiger charge is -2.17. The average molecular weight is 287 g/mol. The molecule has 0 spiro atoms. The van der Waals surface area contributed by atoms with Crippen LogP contribution < -0.4 is 5.32 Å². The normalized spacial score (nSPS) is 11.7. The van der Waals surface area contributed by atoms with E-state index in [0.29, 0.717) is 6.61 Å². The van der Waals surface area contributed by atoms with Crippen LogP contribution in [-0.4, -0.2) is 18.5 Å². The van der Waals surface area contributed by atoms with E-state index >= 15 is 0 Å². The van der Waals surface area contributed by atoms with Gasteiger partial charge in [-0.3, -0.25) is 9.59 Å². The number of benzene rings is 1. The van der Waals surface area contributed by atoms with Crippen LogP contribution in [0.3, 0.4) is 0 Å². The van der Waals surface area contributed by atoms with Crippen LogP contribution in [0.25, 0.3) is 0 Å². The molecule has 0 aliphatic heterocycles. The van der Waals surface area contributed by atoms with Gasteiger partial charge >= 0.3 is 5.97 Å². The summed E-state index contributed by atoms with van der Waals surface area (Å²) in [6.45, 7) is 2.06. The number of amides is 1. The van der Waals surface area contributed by atoms with Gasteiger partial charge in [0.25, 0.3) is 5.91 Å². The summed E-state index contributed by atoms with van der Waals surface area (Å²) in [6, 6.07) is 12.0. The van der Waals surface area contributed by atoms with Gasteiger partial charge in [-0.25, -0.2) is 0 Å². The van der Waals surface area contributed by atoms with Crippen LogP contribution in [-0.2, 0) is 9.53 Å². The van der Waals surface area contributed by atoms with E-state index in [-0.39, 0.29) is 24.1 Å². The third-order valence-corrected chi connectivity index (χ3v) is 2.93. The van der Waals surface area contributed by atoms with Gasteiger partial charge in [-0.1, -0.05) is 30.3 Å². The van der Waals surface area contributed by atoms with Gasteiger partial charge in [-0.15, -0.1) is 0 Å². The molecular weight excluding hydrogens is 270 g/mol. The summed E-state index contributed by atoms with van der Waals surface area (Å²) in [5.74, 6) is -0.510. The largest absolute Gasteiger partial charge is 0.466 e. The minimum absolute atomic E-state index is 0.0737. The van der Waals surface area contributed by atoms with Crippen LogP contribution in [0.4, 0.5) is 0 Å². The highest BCUT2D eigenvalue weighted by molar-refractivity contribution is 5.92. The zero-order chi connectivity index (χ0) is 15.1. The van der Waals surface area contributed by atoms with Crippen LogP contribution in [0.5, 0.6) is 0 Å². The van der Waals surface area contributed by atoms with Gasteiger partial charge in [0.05, 0.1) is 25.3 Å². The fourth-order valence-electron chi connectivity index (χ4n) is 1.96. The van der Waals surface area contributed by atoms with Crippen molar-refractivity contribution < 1.29 is 18.7 Å². The number of nitrogens with one attached hydrogen (secondary N) is 1. The molecule has 1 atom stereocenters. The molecule has 0 aliphatic rings. The van der Waals surface area contributed by atoms with Crippen molar-refractivity contribution in [3.05, 3.63) is 60.1 Å². The van der Waals surface area contributed by atoms with Crippen molar-refractivity contribution in [3.63, 3.8) is 0 Å². The number of carbonyl (C=O) groups is 2. The van der Waals surface area contributed by atoms with E-state index in [1.54, 1.807) is 19.1 Å². The molecule has 21 heavy (non-hydrogen) atoms. The first-order chi connectivity index (χ1) is 10.2. The lowest BCUT2D eigenvalue weighted by Crippen LogP contribution is -2.30. The first-order valence-electron chi connectivity index (χ1n) is 6.75. The van der Waals surface area contributed by atoms with Gasteiger partial charge in [0.2, 0.25) is 0 Å². The second-order valence-electron chi connectivity index (χ2n) is 4.42. The fraction of sp³-hybridized carbons (Fsp3) is 0.250. The Kier molecular flexibility index (Phi) is 5.15. The van der Waals surface area contributed by atoms with Gasteiger partial charge in [0.15, 0.2) is 5.76 Å². The molecule has 1 N–H and O–H groups in total. The van der Waals surface area contributed by atoms with Crippen molar-refractivity contribution in [1.29, 1.82) is 0 Å². The summed E-state index contributed by atoms with van der Waals surface area (Å²) in [5, 5.41) is 2.79. The van der Waals surface area contributed by atoms with Crippen molar-refractivity contribution in [3.8, 4) is 0 Å². The van der Waals surface area contributed by atoms with Crippen LogP contribution in [0.2, 0.25) is 0 Å². The van der Waals surface area contributed by atoms with Crippen molar-refractivity contribution in [2.45, 2.75) is 19.4 Å². The highest BCUT2D eigenvalue weighted by atomic mass is 16.5. The predicted octanol–water partition coefficient (Wildman–Crippen LogP) is 2.70. The van der Waals surface area contributed by atoms with Gasteiger partial charge < -0.3 is 14.5 Å². The van der Waals surface area contributed by atoms with E-state index in [4.69, 9.17) is 9.15 Å². The minimum Gasteiger partial charge on any atom is -0.466 e. The third kappa shape index (κ3) is 4.21. The molecule has 1 aromatic heterocycles. The maximum absolute atomic E-state index is 12.1. The molecule has 1 aromatic carbocycles. The molecule has 110 valence electrons. The summed E-state index contributed by atoms with van der Waals surface area (Å²) < 4.78 is 10.0. The van der Waals surface area contributed by atoms with E-state index in [9.17, 15) is 9.59 Å². The Morgan fingerprint density at radius 1 is 1.19 bits per heavy atom. The molecule has 2 rings (SSSR count). The molecule has 2 aromatic rings. The number of carbonyl (C=O) groups excluding carboxylic acids is 2. The van der Waals surface area contributed by atoms with Crippen LogP contribution in [0.15, 0.2) is 53.1 Å². The quantitative estimate of drug-likeness (QED) is 0.829. The Labute approximate surface area is 122 Å². The van der Waals surface area contributed by atoms with Crippen LogP contribution in [0.1, 0.15) is 35.5 Å². The second kappa shape index (κ2) is 7.28. The average Bonchev–Trinajstić information content (AvgIpc) is 3.02. The predicted molar refractivity (Wildman–Crippen MR) is 76.6 cm³/mol. The van der Waals surface area contributed by atoms with Crippen LogP contribution in [0, 0.1) is 0 Å². The lowest BCUT2D eigenvalue weighted by atomic mass is 10.0. The summed E-state index contributed by atoms with van der Waals surface area (Å²) in [5.41, 5.74) is 0.838. The monoisotopic (exact) mass is 287 g/mol. The van der Waals surface area contributed by atoms with E-state index in [0.717, 1.165) is 5.56 Å². The maximum atomic E-state index is 12.1. The lowest BCUT2D eigenvalue weighted by molar-refractivity contribution is -0.143. The highest BCUT2D eigenvalue weighted by Gasteiger charge is 2.20. The number of ether oxygens (including phenoxy) is 1. The molecule has 1 heterocycles. The van der Waals surface area contributed by atoms with Gasteiger partial charge in [-0.2, -0.15) is 0 Å². The Morgan fingerprint density at radius 3 is 2.57 bits per heavy atom. The van der Waals surface area contributed by atoms with Crippen LogP contribution >= 0.6 is 0 Å². The third-order valence-electron chi connectivity index (χ3n) is 2.93. The zero-order valence-corrected chi connectivity index (χ0v) is 11.7. The Bertz CT molecular complexity index is 578. The summed E-state index contributed by atoms with van der Waals surface area (Å²) in [4.78, 5) is 23.8. The topological polar surface area (TPSA) is 68.5 Å². The number of hydrogen-bond acceptors (Lipinski definition) is 4. The number of hydrogen-bond donors (Lipinski definition) is 1. The van der Waals surface area contributed by atoms with E-state index < -0.39 is 6.04 Å². The number of esters is 1. The Morgan fingerprint density at radius 2 is 1.95 bits per heavy atom. The maximum Gasteiger partial charge on any atom is 0.308 e. The van der Waals surface area contributed by atoms with Crippen molar-refractivity contribution >= 4 is 11.9 Å². The Balaban J connectivity index is 2.12. The number of rotatable bonds is 6. The molecule has 0 unspecified atom stereocenters. The first-order valence-corrected chi connectivity index (χ1v) is 6.75. The van der Waals surface area contributed by atoms with Crippen molar-refractivity contribution in [1.82, 2.24) is 5.32 Å². The molecule has 0 saturated carbocycles. The molecular formula is C16H17NO4. The zero-order valence-electron chi connectivity index (χ0n) is 11.7. The smallest absolute Gasteiger partial charge is 0.308 e. The standard InChI is InChI=1S/C16H17NO4/c1-2-20-15(18)11-13(12-7-4-3-5-8-12)17-16(19)14-9-6-10-21-14/h3-10,13H,2,11H2,1H3,(H,17,19)/t13-/m1/s1. The molecule has 0 fully saturated rings. The fourth-order valence-corrected chi connectivity index (χ4v) is 1.96. The molecule has 5 nitrogen and oxygen atoms in total. The van der Waals surface area contributed by atoms with E-state index in [1.165, 1.54) is 6.26 Å². The van der Waals surface area contributed by atoms with Gasteiger partial charge in [0, 0.05) is 0 Å². The molecule has 5 heteroatoms. The summed E-state index contributed by atoms with van der Waals surface area (Å²) in [6.07, 6.45) is 1.50. The second-order valence-corrected chi connectivity index (χ2v) is 4.42. The summed E-state index contributed by atoms with van der Waals surface area (Å²) >= 11 is 0. The highest BCUT2D eigenvalue weighted by Crippen LogP contribution is 2.18. The van der Waals surface area contributed by atoms with E-state index in [2.05, 4.69) is 5.32 Å². The SMILES string of the molecule is CCOC(=O)C[C@@H](NC(=O)c1ccco1)c1ccccc1. The number of furan rings is 1. The summed E-state index contributed by atoms with van der Waals surface area (Å²) in [7, 11) is 0. The Hall–Kier alpha value is -2.56. The van der Waals surface area contributed by atoms with E-state index in [1.807, 2.05) is 30.3 Å². The van der Waals surface area contributed by atoms with Crippen molar-refractivity contribution in [2.24, 2.45) is 0 Å². The molecule has 0 bridgehead atoms. The first kappa shape index (κ1) is 14.8. The minimum atomic E-state index is -0.456. The van der Waals surface area contributed by atoms with Gasteiger partial charge in [0.1, 0.15) is 0 Å². The molecule has 0 aliphatic carbocycles. The molecule has 0 saturated heterocycles. The van der Waals surface area contributed by atoms with Crippen molar-refractivity contribution in [2.75, 3.05) is 6.61 Å². The molecule has 1 amide bonds. The molecule has 0 radical (unpaired) electrons.